The first-order chi connectivity index (χ1) is 15.7. The molecule has 0 saturated heterocycles. The first-order valence-corrected chi connectivity index (χ1v) is 11.9. The maximum Gasteiger partial charge on any atom is 0.407 e. The van der Waals surface area contributed by atoms with Crippen molar-refractivity contribution in [2.24, 2.45) is 0 Å². The molecule has 2 aliphatic rings. The van der Waals surface area contributed by atoms with Gasteiger partial charge in [0.05, 0.1) is 6.10 Å². The first kappa shape index (κ1) is 23.4. The van der Waals surface area contributed by atoms with Crippen LogP contribution in [0.2, 0.25) is 0 Å². The summed E-state index contributed by atoms with van der Waals surface area (Å²) in [5.74, 6) is 1.46. The average Bonchev–Trinajstić information content (AvgIpc) is 2.75. The zero-order valence-electron chi connectivity index (χ0n) is 19.9. The Morgan fingerprint density at radius 3 is 2.55 bits per heavy atom. The van der Waals surface area contributed by atoms with Gasteiger partial charge in [-0.25, -0.2) is 9.18 Å². The number of aryl methyl sites for hydroxylation is 2. The number of carbonyl (C=O) groups excluding carboxylic acids is 1. The van der Waals surface area contributed by atoms with Crippen LogP contribution in [0.15, 0.2) is 36.4 Å². The molecule has 0 aromatic heterocycles. The van der Waals surface area contributed by atoms with E-state index in [-0.39, 0.29) is 30.2 Å². The molecule has 1 fully saturated rings. The molecular weight excluding hydrogens is 421 g/mol. The van der Waals surface area contributed by atoms with E-state index >= 15 is 0 Å². The van der Waals surface area contributed by atoms with E-state index in [1.807, 2.05) is 39.8 Å². The average molecular weight is 456 g/mol. The molecule has 1 amide bonds. The Morgan fingerprint density at radius 2 is 1.82 bits per heavy atom. The monoisotopic (exact) mass is 455 g/mol. The highest BCUT2D eigenvalue weighted by Crippen LogP contribution is 2.38. The Bertz CT molecular complexity index is 992. The number of nitrogens with one attached hydrogen (secondary N) is 1. The lowest BCUT2D eigenvalue weighted by Gasteiger charge is -2.31. The van der Waals surface area contributed by atoms with Gasteiger partial charge in [0.15, 0.2) is 0 Å². The van der Waals surface area contributed by atoms with Gasteiger partial charge in [0.1, 0.15) is 29.0 Å². The summed E-state index contributed by atoms with van der Waals surface area (Å²) in [6, 6.07) is 11.0. The summed E-state index contributed by atoms with van der Waals surface area (Å²) >= 11 is 0. The van der Waals surface area contributed by atoms with Crippen molar-refractivity contribution < 1.29 is 23.4 Å². The van der Waals surface area contributed by atoms with Crippen molar-refractivity contribution in [1.29, 1.82) is 0 Å². The van der Waals surface area contributed by atoms with Crippen LogP contribution in [0.3, 0.4) is 0 Å². The molecule has 1 atom stereocenters. The van der Waals surface area contributed by atoms with Crippen LogP contribution in [0.5, 0.6) is 11.5 Å². The van der Waals surface area contributed by atoms with Crippen LogP contribution in [-0.2, 0) is 11.2 Å². The Balaban J connectivity index is 1.30. The molecule has 6 heteroatoms. The number of carbonyl (C=O) groups is 1. The van der Waals surface area contributed by atoms with Crippen molar-refractivity contribution in [1.82, 2.24) is 5.32 Å². The van der Waals surface area contributed by atoms with Crippen molar-refractivity contribution in [3.8, 4) is 11.5 Å². The summed E-state index contributed by atoms with van der Waals surface area (Å²) in [4.78, 5) is 12.0. The van der Waals surface area contributed by atoms with Crippen molar-refractivity contribution in [2.45, 2.75) is 90.1 Å². The van der Waals surface area contributed by atoms with Gasteiger partial charge in [-0.05, 0) is 113 Å². The molecule has 1 saturated carbocycles. The lowest BCUT2D eigenvalue weighted by atomic mass is 9.93. The standard InChI is InChI=1S/C27H34FNO4/c1-17-5-7-19(28)16-23(17)25-13-6-18-15-22(12-14-24(18)32-25)31-21-10-8-20(9-11-21)29-26(30)33-27(2,3)4/h5,7,12,14-16,20-21,25H,6,8-11,13H2,1-4H3,(H,29,30)/t20-,21-,25?. The zero-order valence-corrected chi connectivity index (χ0v) is 19.9. The van der Waals surface area contributed by atoms with Gasteiger partial charge in [-0.2, -0.15) is 0 Å². The minimum Gasteiger partial charge on any atom is -0.490 e. The van der Waals surface area contributed by atoms with Crippen LogP contribution in [0, 0.1) is 12.7 Å². The largest absolute Gasteiger partial charge is 0.490 e. The molecule has 5 nitrogen and oxygen atoms in total. The van der Waals surface area contributed by atoms with Gasteiger partial charge in [0.25, 0.3) is 0 Å². The number of alkyl carbamates (subject to hydrolysis) is 1. The molecular formula is C27H34FNO4. The Kier molecular flexibility index (Phi) is 6.82. The van der Waals surface area contributed by atoms with Crippen LogP contribution in [0.25, 0.3) is 0 Å². The summed E-state index contributed by atoms with van der Waals surface area (Å²) in [7, 11) is 0. The summed E-state index contributed by atoms with van der Waals surface area (Å²) < 4.78 is 31.5. The lowest BCUT2D eigenvalue weighted by Crippen LogP contribution is -2.42. The van der Waals surface area contributed by atoms with Crippen LogP contribution in [0.1, 0.15) is 75.7 Å². The van der Waals surface area contributed by atoms with Crippen molar-refractivity contribution in [2.75, 3.05) is 0 Å². The van der Waals surface area contributed by atoms with E-state index in [0.717, 1.165) is 66.7 Å². The molecule has 1 heterocycles. The highest BCUT2D eigenvalue weighted by molar-refractivity contribution is 5.68. The number of hydrogen-bond donors (Lipinski definition) is 1. The van der Waals surface area contributed by atoms with Gasteiger partial charge in [-0.15, -0.1) is 0 Å². The van der Waals surface area contributed by atoms with Crippen LogP contribution in [-0.4, -0.2) is 23.8 Å². The molecule has 178 valence electrons. The van der Waals surface area contributed by atoms with Crippen LogP contribution >= 0.6 is 0 Å². The predicted octanol–water partition coefficient (Wildman–Crippen LogP) is 6.42. The zero-order chi connectivity index (χ0) is 23.6. The number of benzene rings is 2. The molecule has 33 heavy (non-hydrogen) atoms. The fraction of sp³-hybridized carbons (Fsp3) is 0.519. The number of hydrogen-bond acceptors (Lipinski definition) is 4. The maximum absolute atomic E-state index is 13.7. The summed E-state index contributed by atoms with van der Waals surface area (Å²) in [5, 5.41) is 2.97. The van der Waals surface area contributed by atoms with E-state index in [4.69, 9.17) is 14.2 Å². The second-order valence-electron chi connectivity index (χ2n) is 10.2. The quantitative estimate of drug-likeness (QED) is 0.578. The molecule has 0 radical (unpaired) electrons. The van der Waals surface area contributed by atoms with Gasteiger partial charge >= 0.3 is 6.09 Å². The van der Waals surface area contributed by atoms with E-state index in [9.17, 15) is 9.18 Å². The predicted molar refractivity (Wildman–Crippen MR) is 125 cm³/mol. The van der Waals surface area contributed by atoms with Gasteiger partial charge in [-0.3, -0.25) is 0 Å². The lowest BCUT2D eigenvalue weighted by molar-refractivity contribution is 0.0471. The highest BCUT2D eigenvalue weighted by atomic mass is 19.1. The van der Waals surface area contributed by atoms with Gasteiger partial charge in [0.2, 0.25) is 0 Å². The molecule has 0 bridgehead atoms. The smallest absolute Gasteiger partial charge is 0.407 e. The molecule has 0 spiro atoms. The van der Waals surface area contributed by atoms with E-state index < -0.39 is 5.60 Å². The topological polar surface area (TPSA) is 56.8 Å². The van der Waals surface area contributed by atoms with Crippen LogP contribution in [0.4, 0.5) is 9.18 Å². The van der Waals surface area contributed by atoms with Crippen molar-refractivity contribution >= 4 is 6.09 Å². The molecule has 2 aromatic rings. The molecule has 4 rings (SSSR count). The van der Waals surface area contributed by atoms with E-state index in [0.29, 0.717) is 0 Å². The maximum atomic E-state index is 13.7. The third-order valence-electron chi connectivity index (χ3n) is 6.26. The normalized spacial score (nSPS) is 22.6. The summed E-state index contributed by atoms with van der Waals surface area (Å²) in [6.07, 6.45) is 4.82. The van der Waals surface area contributed by atoms with Gasteiger partial charge < -0.3 is 19.5 Å². The fourth-order valence-corrected chi connectivity index (χ4v) is 4.61. The number of amides is 1. The first-order valence-electron chi connectivity index (χ1n) is 11.9. The Labute approximate surface area is 195 Å². The molecule has 1 unspecified atom stereocenters. The third-order valence-corrected chi connectivity index (χ3v) is 6.26. The molecule has 2 aromatic carbocycles. The summed E-state index contributed by atoms with van der Waals surface area (Å²) in [5.41, 5.74) is 2.59. The highest BCUT2D eigenvalue weighted by Gasteiger charge is 2.27. The van der Waals surface area contributed by atoms with Gasteiger partial charge in [-0.1, -0.05) is 6.07 Å². The fourth-order valence-electron chi connectivity index (χ4n) is 4.61. The van der Waals surface area contributed by atoms with Crippen molar-refractivity contribution in [3.63, 3.8) is 0 Å². The van der Waals surface area contributed by atoms with E-state index in [1.165, 1.54) is 6.07 Å². The SMILES string of the molecule is Cc1ccc(F)cc1C1CCc2cc(O[C@H]3CC[C@H](NC(=O)OC(C)(C)C)CC3)ccc2O1. The van der Waals surface area contributed by atoms with Crippen molar-refractivity contribution in [3.05, 3.63) is 58.9 Å². The Morgan fingerprint density at radius 1 is 1.06 bits per heavy atom. The van der Waals surface area contributed by atoms with Gasteiger partial charge in [0, 0.05) is 6.04 Å². The third kappa shape index (κ3) is 6.18. The second kappa shape index (κ2) is 9.62. The van der Waals surface area contributed by atoms with Crippen LogP contribution < -0.4 is 14.8 Å². The minimum atomic E-state index is -0.489. The molecule has 1 aliphatic carbocycles. The number of halogens is 1. The number of fused-ring (bicyclic) bond motifs is 1. The number of rotatable bonds is 4. The van der Waals surface area contributed by atoms with E-state index in [2.05, 4.69) is 11.4 Å². The Hall–Kier alpha value is -2.76. The number of ether oxygens (including phenoxy) is 3. The van der Waals surface area contributed by atoms with E-state index in [1.54, 1.807) is 12.1 Å². The molecule has 1 aliphatic heterocycles. The minimum absolute atomic E-state index is 0.125. The summed E-state index contributed by atoms with van der Waals surface area (Å²) in [6.45, 7) is 7.58. The second-order valence-corrected chi connectivity index (χ2v) is 10.2. The molecule has 1 N–H and O–H groups in total.